The first kappa shape index (κ1) is 13.3. The molecule has 1 heterocycles. The van der Waals surface area contributed by atoms with E-state index in [-0.39, 0.29) is 17.0 Å². The summed E-state index contributed by atoms with van der Waals surface area (Å²) in [7, 11) is -4.24. The van der Waals surface area contributed by atoms with Gasteiger partial charge in [0.25, 0.3) is 10.1 Å². The highest BCUT2D eigenvalue weighted by Crippen LogP contribution is 2.36. The Kier molecular flexibility index (Phi) is 3.35. The molecular weight excluding hydrogens is 278 g/mol. The quantitative estimate of drug-likeness (QED) is 0.878. The molecule has 1 aromatic heterocycles. The zero-order valence-corrected chi connectivity index (χ0v) is 11.4. The molecule has 0 saturated carbocycles. The van der Waals surface area contributed by atoms with Crippen molar-refractivity contribution in [3.05, 3.63) is 28.6 Å². The van der Waals surface area contributed by atoms with Gasteiger partial charge in [-0.25, -0.2) is 4.98 Å². The van der Waals surface area contributed by atoms with E-state index in [9.17, 15) is 13.0 Å². The Balaban J connectivity index is 2.79. The van der Waals surface area contributed by atoms with E-state index in [0.717, 1.165) is 0 Å². The number of halogens is 1. The molecule has 1 aromatic carbocycles. The van der Waals surface area contributed by atoms with Crippen LogP contribution in [0.2, 0.25) is 5.02 Å². The average molecular weight is 290 g/mol. The van der Waals surface area contributed by atoms with E-state index in [1.54, 1.807) is 19.9 Å². The molecule has 0 radical (unpaired) electrons. The third-order valence-corrected chi connectivity index (χ3v) is 4.32. The van der Waals surface area contributed by atoms with Gasteiger partial charge in [-0.3, -0.25) is 4.55 Å². The summed E-state index contributed by atoms with van der Waals surface area (Å²) >= 11 is 6.03. The van der Waals surface area contributed by atoms with E-state index in [1.165, 1.54) is 6.07 Å². The van der Waals surface area contributed by atoms with Crippen LogP contribution in [0.4, 0.5) is 0 Å². The first-order valence-electron chi connectivity index (χ1n) is 5.36. The first-order chi connectivity index (χ1) is 8.34. The predicted octanol–water partition coefficient (Wildman–Crippen LogP) is 3.13. The lowest BCUT2D eigenvalue weighted by Crippen LogP contribution is -2.12. The van der Waals surface area contributed by atoms with Gasteiger partial charge in [-0.15, -0.1) is 0 Å². The molecule has 1 N–H and O–H groups in total. The molecule has 2 rings (SSSR count). The third-order valence-electron chi connectivity index (χ3n) is 2.71. The highest BCUT2D eigenvalue weighted by atomic mass is 35.5. The molecule has 98 valence electrons. The lowest BCUT2D eigenvalue weighted by atomic mass is 10.1. The summed E-state index contributed by atoms with van der Waals surface area (Å²) in [6, 6.07) is 3.16. The lowest BCUT2D eigenvalue weighted by molar-refractivity contribution is 0.467. The van der Waals surface area contributed by atoms with Gasteiger partial charge in [-0.1, -0.05) is 18.5 Å². The lowest BCUT2D eigenvalue weighted by Gasteiger charge is -2.13. The third kappa shape index (κ3) is 2.23. The molecular formula is C11H12ClNO4S. The number of rotatable bonds is 3. The number of aryl methyl sites for hydroxylation is 1. The molecule has 1 unspecified atom stereocenters. The summed E-state index contributed by atoms with van der Waals surface area (Å²) in [6.07, 6.45) is 0.198. The van der Waals surface area contributed by atoms with E-state index in [4.69, 9.17) is 16.0 Å². The number of benzene rings is 1. The van der Waals surface area contributed by atoms with Crippen LogP contribution >= 0.6 is 11.6 Å². The highest BCUT2D eigenvalue weighted by Gasteiger charge is 2.29. The summed E-state index contributed by atoms with van der Waals surface area (Å²) < 4.78 is 37.4. The molecule has 2 aromatic rings. The number of oxazole rings is 1. The van der Waals surface area contributed by atoms with Crippen molar-refractivity contribution in [3.8, 4) is 0 Å². The fraction of sp³-hybridized carbons (Fsp3) is 0.364. The van der Waals surface area contributed by atoms with E-state index >= 15 is 0 Å². The molecule has 0 fully saturated rings. The summed E-state index contributed by atoms with van der Waals surface area (Å²) in [4.78, 5) is 4.13. The van der Waals surface area contributed by atoms with Crippen molar-refractivity contribution in [2.24, 2.45) is 0 Å². The number of hydrogen-bond acceptors (Lipinski definition) is 4. The maximum absolute atomic E-state index is 11.4. The van der Waals surface area contributed by atoms with Gasteiger partial charge in [0.1, 0.15) is 10.8 Å². The van der Waals surface area contributed by atoms with Gasteiger partial charge < -0.3 is 4.42 Å². The standard InChI is InChI=1S/C11H12ClNO4S/c1-3-9(18(14,15)16)10-7(12)4-5-8-11(10)13-6(2)17-8/h4-5,9H,3H2,1-2H3,(H,14,15,16). The predicted molar refractivity (Wildman–Crippen MR) is 68.3 cm³/mol. The van der Waals surface area contributed by atoms with E-state index < -0.39 is 15.4 Å². The maximum atomic E-state index is 11.4. The van der Waals surface area contributed by atoms with Gasteiger partial charge in [-0.2, -0.15) is 8.42 Å². The number of fused-ring (bicyclic) bond motifs is 1. The Morgan fingerprint density at radius 3 is 2.72 bits per heavy atom. The van der Waals surface area contributed by atoms with Crippen molar-refractivity contribution in [1.29, 1.82) is 0 Å². The molecule has 0 aliphatic heterocycles. The zero-order valence-electron chi connectivity index (χ0n) is 9.84. The van der Waals surface area contributed by atoms with Crippen molar-refractivity contribution in [3.63, 3.8) is 0 Å². The topological polar surface area (TPSA) is 80.4 Å². The molecule has 1 atom stereocenters. The second kappa shape index (κ2) is 4.53. The maximum Gasteiger partial charge on any atom is 0.272 e. The van der Waals surface area contributed by atoms with Crippen molar-refractivity contribution < 1.29 is 17.4 Å². The van der Waals surface area contributed by atoms with Crippen LogP contribution in [-0.4, -0.2) is 18.0 Å². The molecule has 18 heavy (non-hydrogen) atoms. The number of nitrogens with zero attached hydrogens (tertiary/aromatic N) is 1. The Morgan fingerprint density at radius 1 is 1.50 bits per heavy atom. The van der Waals surface area contributed by atoms with Crippen LogP contribution in [-0.2, 0) is 10.1 Å². The van der Waals surface area contributed by atoms with Crippen LogP contribution in [0.25, 0.3) is 11.1 Å². The largest absolute Gasteiger partial charge is 0.441 e. The summed E-state index contributed by atoms with van der Waals surface area (Å²) in [5, 5.41) is -0.849. The van der Waals surface area contributed by atoms with Gasteiger partial charge in [-0.05, 0) is 18.6 Å². The second-order valence-corrected chi connectivity index (χ2v) is 5.96. The minimum absolute atomic E-state index is 0.198. The Bertz CT molecular complexity index is 692. The fourth-order valence-electron chi connectivity index (χ4n) is 1.97. The van der Waals surface area contributed by atoms with Gasteiger partial charge in [0, 0.05) is 17.5 Å². The second-order valence-electron chi connectivity index (χ2n) is 3.95. The molecule has 0 aliphatic carbocycles. The van der Waals surface area contributed by atoms with Crippen LogP contribution in [0.15, 0.2) is 16.5 Å². The summed E-state index contributed by atoms with van der Waals surface area (Å²) in [5.41, 5.74) is 1.12. The fourth-order valence-corrected chi connectivity index (χ4v) is 3.28. The van der Waals surface area contributed by atoms with Crippen LogP contribution in [0.5, 0.6) is 0 Å². The normalized spacial score (nSPS) is 14.0. The monoisotopic (exact) mass is 289 g/mol. The van der Waals surface area contributed by atoms with Gasteiger partial charge in [0.05, 0.1) is 0 Å². The minimum Gasteiger partial charge on any atom is -0.441 e. The van der Waals surface area contributed by atoms with Crippen LogP contribution in [0.3, 0.4) is 0 Å². The molecule has 0 saturated heterocycles. The van der Waals surface area contributed by atoms with Crippen LogP contribution < -0.4 is 0 Å². The van der Waals surface area contributed by atoms with Crippen molar-refractivity contribution in [2.75, 3.05) is 0 Å². The molecule has 0 spiro atoms. The molecule has 0 bridgehead atoms. The molecule has 5 nitrogen and oxygen atoms in total. The highest BCUT2D eigenvalue weighted by molar-refractivity contribution is 7.86. The van der Waals surface area contributed by atoms with Gasteiger partial charge in [0.2, 0.25) is 0 Å². The molecule has 0 amide bonds. The average Bonchev–Trinajstić information content (AvgIpc) is 2.61. The van der Waals surface area contributed by atoms with Gasteiger partial charge >= 0.3 is 0 Å². The number of aromatic nitrogens is 1. The Hall–Kier alpha value is -1.11. The Morgan fingerprint density at radius 2 is 2.17 bits per heavy atom. The van der Waals surface area contributed by atoms with E-state index in [0.29, 0.717) is 17.0 Å². The van der Waals surface area contributed by atoms with Crippen molar-refractivity contribution in [1.82, 2.24) is 4.98 Å². The Labute approximate surface area is 110 Å². The van der Waals surface area contributed by atoms with Crippen LogP contribution in [0.1, 0.15) is 30.0 Å². The van der Waals surface area contributed by atoms with Gasteiger partial charge in [0.15, 0.2) is 11.5 Å². The zero-order chi connectivity index (χ0) is 13.5. The smallest absolute Gasteiger partial charge is 0.272 e. The van der Waals surface area contributed by atoms with Crippen molar-refractivity contribution in [2.45, 2.75) is 25.5 Å². The van der Waals surface area contributed by atoms with Crippen LogP contribution in [0, 0.1) is 6.92 Å². The molecule has 7 heteroatoms. The van der Waals surface area contributed by atoms with E-state index in [1.807, 2.05) is 0 Å². The first-order valence-corrected chi connectivity index (χ1v) is 7.24. The minimum atomic E-state index is -4.24. The molecule has 0 aliphatic rings. The number of hydrogen-bond donors (Lipinski definition) is 1. The van der Waals surface area contributed by atoms with E-state index in [2.05, 4.69) is 4.98 Å². The SMILES string of the molecule is CCC(c1c(Cl)ccc2oc(C)nc12)S(=O)(=O)O. The van der Waals surface area contributed by atoms with Crippen molar-refractivity contribution >= 4 is 32.8 Å². The summed E-state index contributed by atoms with van der Waals surface area (Å²) in [6.45, 7) is 3.31. The summed E-state index contributed by atoms with van der Waals surface area (Å²) in [5.74, 6) is 0.415.